The van der Waals surface area contributed by atoms with Gasteiger partial charge in [0.25, 0.3) is 10.1 Å². The number of hydrogen-bond donors (Lipinski definition) is 0. The van der Waals surface area contributed by atoms with E-state index in [0.29, 0.717) is 12.8 Å². The maximum atomic E-state index is 12.6. The Balaban J connectivity index is 1.97. The fourth-order valence-corrected chi connectivity index (χ4v) is 4.27. The molecule has 6 nitrogen and oxygen atoms in total. The average Bonchev–Trinajstić information content (AvgIpc) is 2.58. The molecule has 0 aliphatic carbocycles. The third-order valence-electron chi connectivity index (χ3n) is 3.92. The van der Waals surface area contributed by atoms with Crippen molar-refractivity contribution in [1.82, 2.24) is 4.31 Å². The van der Waals surface area contributed by atoms with E-state index < -0.39 is 31.9 Å². The highest BCUT2D eigenvalue weighted by Crippen LogP contribution is 2.30. The molecule has 1 aliphatic rings. The fraction of sp³-hybridized carbons (Fsp3) is 0.500. The molecule has 1 aromatic rings. The predicted octanol–water partition coefficient (Wildman–Crippen LogP) is 2.09. The Hall–Kier alpha value is -1.61. The minimum Gasteiger partial charge on any atom is -0.257 e. The molecule has 1 aromatic carbocycles. The summed E-state index contributed by atoms with van der Waals surface area (Å²) in [6.07, 6.45) is -2.74. The SMILES string of the molecule is CS(=O)(=O)OCC#CC1CCN(S(=O)(=O)c2ccc(C(F)(F)F)cc2)CC1. The van der Waals surface area contributed by atoms with Gasteiger partial charge in [0, 0.05) is 19.0 Å². The van der Waals surface area contributed by atoms with Crippen molar-refractivity contribution in [2.45, 2.75) is 23.9 Å². The normalized spacial score (nSPS) is 17.3. The summed E-state index contributed by atoms with van der Waals surface area (Å²) in [4.78, 5) is -0.193. The van der Waals surface area contributed by atoms with E-state index in [-0.39, 0.29) is 30.5 Å². The molecular formula is C16H18F3NO5S2. The largest absolute Gasteiger partial charge is 0.416 e. The van der Waals surface area contributed by atoms with Crippen LogP contribution < -0.4 is 0 Å². The minimum atomic E-state index is -4.53. The Kier molecular flexibility index (Phi) is 6.57. The summed E-state index contributed by atoms with van der Waals surface area (Å²) in [6, 6.07) is 3.39. The lowest BCUT2D eigenvalue weighted by Gasteiger charge is -2.29. The zero-order valence-corrected chi connectivity index (χ0v) is 16.0. The zero-order chi connectivity index (χ0) is 20.3. The van der Waals surface area contributed by atoms with Crippen molar-refractivity contribution in [1.29, 1.82) is 0 Å². The standard InChI is InChI=1S/C16H18F3NO5S2/c1-26(21,22)25-12-2-3-13-8-10-20(11-9-13)27(23,24)15-6-4-14(5-7-15)16(17,18)19/h4-7,13H,8-12H2,1H3. The van der Waals surface area contributed by atoms with E-state index in [0.717, 1.165) is 30.5 Å². The van der Waals surface area contributed by atoms with Gasteiger partial charge in [-0.15, -0.1) is 0 Å². The van der Waals surface area contributed by atoms with Crippen molar-refractivity contribution in [3.8, 4) is 11.8 Å². The van der Waals surface area contributed by atoms with Crippen LogP contribution in [0.3, 0.4) is 0 Å². The maximum Gasteiger partial charge on any atom is 0.416 e. The van der Waals surface area contributed by atoms with Crippen LogP contribution in [0, 0.1) is 17.8 Å². The first-order chi connectivity index (χ1) is 12.4. The van der Waals surface area contributed by atoms with Gasteiger partial charge in [-0.3, -0.25) is 4.18 Å². The van der Waals surface area contributed by atoms with E-state index in [1.165, 1.54) is 4.31 Å². The number of piperidine rings is 1. The van der Waals surface area contributed by atoms with Crippen LogP contribution in [0.1, 0.15) is 18.4 Å². The van der Waals surface area contributed by atoms with Crippen molar-refractivity contribution < 1.29 is 34.2 Å². The van der Waals surface area contributed by atoms with Crippen molar-refractivity contribution in [2.75, 3.05) is 26.0 Å². The number of rotatable bonds is 4. The molecule has 11 heteroatoms. The van der Waals surface area contributed by atoms with E-state index in [1.54, 1.807) is 0 Å². The van der Waals surface area contributed by atoms with Gasteiger partial charge in [0.1, 0.15) is 6.61 Å². The number of hydrogen-bond acceptors (Lipinski definition) is 5. The van der Waals surface area contributed by atoms with Crippen LogP contribution in [0.4, 0.5) is 13.2 Å². The molecule has 0 bridgehead atoms. The van der Waals surface area contributed by atoms with Crippen molar-refractivity contribution in [3.63, 3.8) is 0 Å². The second-order valence-corrected chi connectivity index (χ2v) is 9.57. The van der Waals surface area contributed by atoms with Gasteiger partial charge in [0.15, 0.2) is 0 Å². The average molecular weight is 425 g/mol. The molecule has 1 fully saturated rings. The third-order valence-corrected chi connectivity index (χ3v) is 6.38. The van der Waals surface area contributed by atoms with Crippen molar-refractivity contribution in [3.05, 3.63) is 29.8 Å². The smallest absolute Gasteiger partial charge is 0.257 e. The number of sulfonamides is 1. The molecule has 0 N–H and O–H groups in total. The van der Waals surface area contributed by atoms with E-state index in [4.69, 9.17) is 0 Å². The van der Waals surface area contributed by atoms with Gasteiger partial charge in [0.2, 0.25) is 10.0 Å². The summed E-state index contributed by atoms with van der Waals surface area (Å²) >= 11 is 0. The molecule has 0 saturated carbocycles. The summed E-state index contributed by atoms with van der Waals surface area (Å²) in [5, 5.41) is 0. The molecule has 1 heterocycles. The molecule has 0 radical (unpaired) electrons. The van der Waals surface area contributed by atoms with E-state index in [2.05, 4.69) is 16.0 Å². The molecule has 2 rings (SSSR count). The summed E-state index contributed by atoms with van der Waals surface area (Å²) in [5.41, 5.74) is -0.910. The number of nitrogens with zero attached hydrogens (tertiary/aromatic N) is 1. The van der Waals surface area contributed by atoms with Crippen LogP contribution in [0.25, 0.3) is 0 Å². The Morgan fingerprint density at radius 3 is 2.15 bits per heavy atom. The highest BCUT2D eigenvalue weighted by atomic mass is 32.2. The summed E-state index contributed by atoms with van der Waals surface area (Å²) in [7, 11) is -7.44. The van der Waals surface area contributed by atoms with Crippen molar-refractivity contribution in [2.24, 2.45) is 5.92 Å². The van der Waals surface area contributed by atoms with Crippen LogP contribution in [0.15, 0.2) is 29.2 Å². The van der Waals surface area contributed by atoms with Crippen LogP contribution in [-0.4, -0.2) is 47.1 Å². The van der Waals surface area contributed by atoms with E-state index in [9.17, 15) is 30.0 Å². The minimum absolute atomic E-state index is 0.104. The first-order valence-corrected chi connectivity index (χ1v) is 11.2. The lowest BCUT2D eigenvalue weighted by molar-refractivity contribution is -0.137. The number of benzene rings is 1. The summed E-state index contributed by atoms with van der Waals surface area (Å²) in [6.45, 7) is 0.0914. The van der Waals surface area contributed by atoms with Gasteiger partial charge >= 0.3 is 6.18 Å². The molecule has 150 valence electrons. The van der Waals surface area contributed by atoms with E-state index >= 15 is 0 Å². The Bertz CT molecular complexity index is 921. The number of alkyl halides is 3. The van der Waals surface area contributed by atoms with E-state index in [1.807, 2.05) is 0 Å². The van der Waals surface area contributed by atoms with Gasteiger partial charge < -0.3 is 0 Å². The Morgan fingerprint density at radius 2 is 1.67 bits per heavy atom. The monoisotopic (exact) mass is 425 g/mol. The molecule has 0 spiro atoms. The van der Waals surface area contributed by atoms with Crippen LogP contribution in [-0.2, 0) is 30.5 Å². The first kappa shape index (κ1) is 21.7. The number of halogens is 3. The van der Waals surface area contributed by atoms with Crippen molar-refractivity contribution >= 4 is 20.1 Å². The Morgan fingerprint density at radius 1 is 1.11 bits per heavy atom. The van der Waals surface area contributed by atoms with Gasteiger partial charge in [-0.25, -0.2) is 8.42 Å². The van der Waals surface area contributed by atoms with Crippen LogP contribution >= 0.6 is 0 Å². The second-order valence-electron chi connectivity index (χ2n) is 5.99. The molecule has 1 saturated heterocycles. The van der Waals surface area contributed by atoms with Crippen LogP contribution in [0.2, 0.25) is 0 Å². The highest BCUT2D eigenvalue weighted by molar-refractivity contribution is 7.89. The first-order valence-electron chi connectivity index (χ1n) is 7.90. The van der Waals surface area contributed by atoms with Gasteiger partial charge in [-0.05, 0) is 37.1 Å². The molecule has 0 atom stereocenters. The predicted molar refractivity (Wildman–Crippen MR) is 91.5 cm³/mol. The highest BCUT2D eigenvalue weighted by Gasteiger charge is 2.32. The fourth-order valence-electron chi connectivity index (χ4n) is 2.53. The molecule has 0 amide bonds. The lowest BCUT2D eigenvalue weighted by atomic mass is 9.99. The summed E-state index contributed by atoms with van der Waals surface area (Å²) in [5.74, 6) is 5.33. The summed E-state index contributed by atoms with van der Waals surface area (Å²) < 4.78 is 90.2. The van der Waals surface area contributed by atoms with Gasteiger partial charge in [-0.2, -0.15) is 25.9 Å². The molecular weight excluding hydrogens is 407 g/mol. The second kappa shape index (κ2) is 8.18. The maximum absolute atomic E-state index is 12.6. The molecule has 0 unspecified atom stereocenters. The topological polar surface area (TPSA) is 80.8 Å². The Labute approximate surface area is 156 Å². The molecule has 1 aliphatic heterocycles. The lowest BCUT2D eigenvalue weighted by Crippen LogP contribution is -2.38. The van der Waals surface area contributed by atoms with Gasteiger partial charge in [0.05, 0.1) is 16.7 Å². The molecule has 27 heavy (non-hydrogen) atoms. The molecule has 0 aromatic heterocycles. The van der Waals surface area contributed by atoms with Crippen LogP contribution in [0.5, 0.6) is 0 Å². The quantitative estimate of drug-likeness (QED) is 0.545. The third kappa shape index (κ3) is 6.21. The zero-order valence-electron chi connectivity index (χ0n) is 14.4. The van der Waals surface area contributed by atoms with Gasteiger partial charge in [-0.1, -0.05) is 11.8 Å².